The molecule has 1 N–H and O–H groups in total. The summed E-state index contributed by atoms with van der Waals surface area (Å²) in [4.78, 5) is 41.9. The first-order chi connectivity index (χ1) is 13.4. The van der Waals surface area contributed by atoms with E-state index in [9.17, 15) is 14.4 Å². The van der Waals surface area contributed by atoms with E-state index in [1.54, 1.807) is 30.3 Å². The molecule has 0 unspecified atom stereocenters. The van der Waals surface area contributed by atoms with Crippen molar-refractivity contribution in [1.29, 1.82) is 0 Å². The van der Waals surface area contributed by atoms with Gasteiger partial charge in [-0.2, -0.15) is 0 Å². The van der Waals surface area contributed by atoms with Gasteiger partial charge >= 0.3 is 6.03 Å². The first-order valence-corrected chi connectivity index (χ1v) is 9.06. The lowest BCUT2D eigenvalue weighted by molar-refractivity contribution is -0.122. The lowest BCUT2D eigenvalue weighted by Crippen LogP contribution is -2.54. The average Bonchev–Trinajstić information content (AvgIpc) is 2.67. The Kier molecular flexibility index (Phi) is 5.75. The number of hydrogen-bond donors (Lipinski definition) is 1. The van der Waals surface area contributed by atoms with Crippen LogP contribution in [0.5, 0.6) is 5.75 Å². The zero-order valence-electron chi connectivity index (χ0n) is 15.3. The maximum Gasteiger partial charge on any atom is 0.336 e. The summed E-state index contributed by atoms with van der Waals surface area (Å²) < 4.78 is 5.71. The molecule has 2 heterocycles. The number of carbonyl (C=O) groups is 3. The van der Waals surface area contributed by atoms with E-state index in [0.29, 0.717) is 16.3 Å². The topological polar surface area (TPSA) is 88.6 Å². The van der Waals surface area contributed by atoms with Crippen LogP contribution in [-0.4, -0.2) is 28.9 Å². The summed E-state index contributed by atoms with van der Waals surface area (Å²) >= 11 is 6.26. The second-order valence-electron chi connectivity index (χ2n) is 6.20. The molecule has 1 aromatic carbocycles. The van der Waals surface area contributed by atoms with Gasteiger partial charge in [-0.3, -0.25) is 19.9 Å². The maximum absolute atomic E-state index is 12.8. The molecule has 0 aliphatic carbocycles. The van der Waals surface area contributed by atoms with Crippen molar-refractivity contribution in [2.24, 2.45) is 0 Å². The molecule has 8 heteroatoms. The number of aromatic nitrogens is 1. The highest BCUT2D eigenvalue weighted by Crippen LogP contribution is 2.28. The molecule has 2 aromatic rings. The van der Waals surface area contributed by atoms with Crippen LogP contribution in [0.3, 0.4) is 0 Å². The highest BCUT2D eigenvalue weighted by molar-refractivity contribution is 6.39. The van der Waals surface area contributed by atoms with Gasteiger partial charge < -0.3 is 4.74 Å². The molecular weight excluding hydrogens is 382 g/mol. The van der Waals surface area contributed by atoms with Crippen molar-refractivity contribution in [2.45, 2.75) is 26.4 Å². The number of rotatable bonds is 5. The Morgan fingerprint density at radius 2 is 2.07 bits per heavy atom. The van der Waals surface area contributed by atoms with Gasteiger partial charge in [-0.15, -0.1) is 0 Å². The van der Waals surface area contributed by atoms with Crippen LogP contribution in [0.4, 0.5) is 10.5 Å². The molecule has 1 saturated heterocycles. The van der Waals surface area contributed by atoms with Crippen molar-refractivity contribution < 1.29 is 19.1 Å². The van der Waals surface area contributed by atoms with Gasteiger partial charge in [0.05, 0.1) is 23.0 Å². The number of hydrogen-bond acceptors (Lipinski definition) is 5. The normalized spacial score (nSPS) is 16.9. The highest BCUT2D eigenvalue weighted by Gasteiger charge is 2.36. The number of urea groups is 1. The Balaban J connectivity index is 1.92. The van der Waals surface area contributed by atoms with E-state index in [4.69, 9.17) is 16.3 Å². The monoisotopic (exact) mass is 399 g/mol. The lowest BCUT2D eigenvalue weighted by atomic mass is 10.1. The second kappa shape index (κ2) is 8.22. The largest absolute Gasteiger partial charge is 0.489 e. The molecule has 0 spiro atoms. The Morgan fingerprint density at radius 1 is 1.29 bits per heavy atom. The van der Waals surface area contributed by atoms with Crippen LogP contribution in [0.25, 0.3) is 6.08 Å². The molecule has 0 saturated carbocycles. The summed E-state index contributed by atoms with van der Waals surface area (Å²) in [5.41, 5.74) is 0.606. The van der Waals surface area contributed by atoms with Gasteiger partial charge in [0, 0.05) is 6.20 Å². The minimum atomic E-state index is -0.824. The lowest BCUT2D eigenvalue weighted by Gasteiger charge is -2.26. The second-order valence-corrected chi connectivity index (χ2v) is 6.60. The SMILES string of the molecule is CC[C@@H](C)Oc1ccc(/C=C2/C(=O)NC(=O)N(c3cccnc3)C2=O)cc1Cl. The van der Waals surface area contributed by atoms with Gasteiger partial charge in [-0.1, -0.05) is 24.6 Å². The molecule has 1 aromatic heterocycles. The number of halogens is 1. The van der Waals surface area contributed by atoms with E-state index in [1.165, 1.54) is 18.5 Å². The third kappa shape index (κ3) is 4.04. The summed E-state index contributed by atoms with van der Waals surface area (Å²) in [7, 11) is 0. The predicted octanol–water partition coefficient (Wildman–Crippen LogP) is 3.58. The Bertz CT molecular complexity index is 959. The summed E-state index contributed by atoms with van der Waals surface area (Å²) in [5.74, 6) is -0.992. The fraction of sp³-hybridized carbons (Fsp3) is 0.200. The highest BCUT2D eigenvalue weighted by atomic mass is 35.5. The van der Waals surface area contributed by atoms with Crippen LogP contribution >= 0.6 is 11.6 Å². The number of nitrogens with one attached hydrogen (secondary N) is 1. The molecule has 1 aliphatic rings. The van der Waals surface area contributed by atoms with Crippen molar-refractivity contribution in [3.8, 4) is 5.75 Å². The quantitative estimate of drug-likeness (QED) is 0.613. The number of ether oxygens (including phenoxy) is 1. The number of anilines is 1. The molecule has 28 heavy (non-hydrogen) atoms. The van der Waals surface area contributed by atoms with Gasteiger partial charge in [0.1, 0.15) is 11.3 Å². The van der Waals surface area contributed by atoms with Crippen molar-refractivity contribution >= 4 is 41.2 Å². The van der Waals surface area contributed by atoms with E-state index in [0.717, 1.165) is 11.3 Å². The average molecular weight is 400 g/mol. The Labute approximate surface area is 167 Å². The molecule has 0 bridgehead atoms. The van der Waals surface area contributed by atoms with Crippen LogP contribution in [0.2, 0.25) is 5.02 Å². The smallest absolute Gasteiger partial charge is 0.336 e. The van der Waals surface area contributed by atoms with E-state index >= 15 is 0 Å². The van der Waals surface area contributed by atoms with Crippen LogP contribution < -0.4 is 15.0 Å². The molecular formula is C20H18ClN3O4. The van der Waals surface area contributed by atoms with Gasteiger partial charge in [0.15, 0.2) is 0 Å². The number of nitrogens with zero attached hydrogens (tertiary/aromatic N) is 2. The summed E-state index contributed by atoms with van der Waals surface area (Å²) in [6, 6.07) is 7.27. The molecule has 1 fully saturated rings. The number of carbonyl (C=O) groups excluding carboxylic acids is 3. The Hall–Kier alpha value is -3.19. The summed E-state index contributed by atoms with van der Waals surface area (Å²) in [6.07, 6.45) is 5.10. The number of amides is 4. The van der Waals surface area contributed by atoms with Crippen molar-refractivity contribution in [2.75, 3.05) is 4.90 Å². The van der Waals surface area contributed by atoms with Gasteiger partial charge in [-0.25, -0.2) is 9.69 Å². The van der Waals surface area contributed by atoms with Crippen LogP contribution in [0.1, 0.15) is 25.8 Å². The van der Waals surface area contributed by atoms with Crippen LogP contribution in [-0.2, 0) is 9.59 Å². The molecule has 0 radical (unpaired) electrons. The predicted molar refractivity (Wildman–Crippen MR) is 105 cm³/mol. The summed E-state index contributed by atoms with van der Waals surface area (Å²) in [5, 5.41) is 2.52. The third-order valence-corrected chi connectivity index (χ3v) is 4.47. The van der Waals surface area contributed by atoms with Crippen LogP contribution in [0.15, 0.2) is 48.3 Å². The molecule has 144 valence electrons. The number of barbiturate groups is 1. The first kappa shape index (κ1) is 19.6. The fourth-order valence-electron chi connectivity index (χ4n) is 2.55. The zero-order chi connectivity index (χ0) is 20.3. The van der Waals surface area contributed by atoms with Crippen molar-refractivity contribution in [1.82, 2.24) is 10.3 Å². The molecule has 1 atom stereocenters. The van der Waals surface area contributed by atoms with E-state index in [-0.39, 0.29) is 17.4 Å². The van der Waals surface area contributed by atoms with E-state index < -0.39 is 17.8 Å². The van der Waals surface area contributed by atoms with Crippen LogP contribution in [0, 0.1) is 0 Å². The molecule has 4 amide bonds. The molecule has 7 nitrogen and oxygen atoms in total. The number of imide groups is 2. The van der Waals surface area contributed by atoms with Gasteiger partial charge in [0.25, 0.3) is 11.8 Å². The number of pyridine rings is 1. The van der Waals surface area contributed by atoms with Crippen molar-refractivity contribution in [3.63, 3.8) is 0 Å². The molecule has 3 rings (SSSR count). The molecule has 1 aliphatic heterocycles. The number of benzene rings is 1. The van der Waals surface area contributed by atoms with E-state index in [2.05, 4.69) is 10.3 Å². The third-order valence-electron chi connectivity index (χ3n) is 4.18. The van der Waals surface area contributed by atoms with Gasteiger partial charge in [-0.05, 0) is 49.2 Å². The van der Waals surface area contributed by atoms with Gasteiger partial charge in [0.2, 0.25) is 0 Å². The van der Waals surface area contributed by atoms with Crippen molar-refractivity contribution in [3.05, 3.63) is 58.9 Å². The summed E-state index contributed by atoms with van der Waals surface area (Å²) in [6.45, 7) is 3.93. The minimum Gasteiger partial charge on any atom is -0.489 e. The van der Waals surface area contributed by atoms with E-state index in [1.807, 2.05) is 13.8 Å². The zero-order valence-corrected chi connectivity index (χ0v) is 16.1. The maximum atomic E-state index is 12.8. The minimum absolute atomic E-state index is 0.00598. The fourth-order valence-corrected chi connectivity index (χ4v) is 2.78. The standard InChI is InChI=1S/C20H18ClN3O4/c1-3-12(2)28-17-7-6-13(10-16(17)21)9-15-18(25)23-20(27)24(19(15)26)14-5-4-8-22-11-14/h4-12H,3H2,1-2H3,(H,23,25,27)/b15-9-/t12-/m1/s1. The first-order valence-electron chi connectivity index (χ1n) is 8.68. The Morgan fingerprint density at radius 3 is 2.71 bits per heavy atom.